The molecule has 3 heterocycles. The first-order chi connectivity index (χ1) is 11.6. The van der Waals surface area contributed by atoms with Crippen molar-refractivity contribution in [2.45, 2.75) is 25.4 Å². The van der Waals surface area contributed by atoms with Gasteiger partial charge < -0.3 is 14.6 Å². The smallest absolute Gasteiger partial charge is 0.255 e. The van der Waals surface area contributed by atoms with Gasteiger partial charge in [0.25, 0.3) is 5.91 Å². The highest BCUT2D eigenvalue weighted by Crippen LogP contribution is 2.32. The average Bonchev–Trinajstić information content (AvgIpc) is 2.83. The van der Waals surface area contributed by atoms with Crippen LogP contribution >= 0.6 is 0 Å². The highest BCUT2D eigenvalue weighted by atomic mass is 16.2. The highest BCUT2D eigenvalue weighted by Gasteiger charge is 2.39. The van der Waals surface area contributed by atoms with Crippen molar-refractivity contribution in [3.8, 4) is 0 Å². The Balaban J connectivity index is 1.53. The van der Waals surface area contributed by atoms with E-state index in [0.29, 0.717) is 31.6 Å². The molecule has 0 saturated carbocycles. The molecule has 3 amide bonds. The van der Waals surface area contributed by atoms with Crippen molar-refractivity contribution in [2.75, 3.05) is 18.0 Å². The van der Waals surface area contributed by atoms with Crippen molar-refractivity contribution >= 4 is 29.7 Å². The molecular formula is C17H17N3O4. The van der Waals surface area contributed by atoms with Crippen molar-refractivity contribution in [2.24, 2.45) is 5.92 Å². The number of nitrogens with zero attached hydrogens (tertiary/aromatic N) is 2. The largest absolute Gasteiger partial charge is 0.370 e. The fraction of sp³-hybridized carbons (Fsp3) is 0.412. The summed E-state index contributed by atoms with van der Waals surface area (Å²) in [5, 5.41) is 2.30. The van der Waals surface area contributed by atoms with E-state index < -0.39 is 11.9 Å². The van der Waals surface area contributed by atoms with Gasteiger partial charge in [-0.1, -0.05) is 0 Å². The molecule has 4 rings (SSSR count). The lowest BCUT2D eigenvalue weighted by atomic mass is 10.00. The van der Waals surface area contributed by atoms with Gasteiger partial charge in [-0.05, 0) is 30.2 Å². The first-order valence-electron chi connectivity index (χ1n) is 8.04. The van der Waals surface area contributed by atoms with Crippen LogP contribution in [0.15, 0.2) is 18.2 Å². The molecule has 7 nitrogen and oxygen atoms in total. The molecular weight excluding hydrogens is 310 g/mol. The van der Waals surface area contributed by atoms with E-state index in [-0.39, 0.29) is 24.2 Å². The van der Waals surface area contributed by atoms with Crippen LogP contribution in [0, 0.1) is 5.92 Å². The fourth-order valence-corrected chi connectivity index (χ4v) is 3.57. The molecule has 1 unspecified atom stereocenters. The van der Waals surface area contributed by atoms with Gasteiger partial charge in [-0.15, -0.1) is 0 Å². The molecule has 0 bridgehead atoms. The zero-order valence-electron chi connectivity index (χ0n) is 13.0. The van der Waals surface area contributed by atoms with Gasteiger partial charge >= 0.3 is 0 Å². The minimum atomic E-state index is -0.588. The summed E-state index contributed by atoms with van der Waals surface area (Å²) in [7, 11) is 0. The summed E-state index contributed by atoms with van der Waals surface area (Å²) in [6.45, 7) is 1.78. The topological polar surface area (TPSA) is 86.8 Å². The van der Waals surface area contributed by atoms with Gasteiger partial charge in [0.15, 0.2) is 0 Å². The minimum absolute atomic E-state index is 0.0832. The van der Waals surface area contributed by atoms with Crippen LogP contribution in [0.2, 0.25) is 0 Å². The summed E-state index contributed by atoms with van der Waals surface area (Å²) in [5.74, 6) is -0.769. The Morgan fingerprint density at radius 2 is 1.96 bits per heavy atom. The Labute approximate surface area is 138 Å². The van der Waals surface area contributed by atoms with Crippen LogP contribution in [0.3, 0.4) is 0 Å². The molecule has 24 heavy (non-hydrogen) atoms. The zero-order chi connectivity index (χ0) is 16.8. The molecule has 0 aromatic heterocycles. The summed E-state index contributed by atoms with van der Waals surface area (Å²) in [4.78, 5) is 50.3. The van der Waals surface area contributed by atoms with Crippen LogP contribution in [0.5, 0.6) is 0 Å². The zero-order valence-corrected chi connectivity index (χ0v) is 13.0. The van der Waals surface area contributed by atoms with Crippen LogP contribution in [-0.2, 0) is 20.9 Å². The van der Waals surface area contributed by atoms with Crippen LogP contribution in [-0.4, -0.2) is 48.0 Å². The SMILES string of the molecule is O=CC1CN(c2ccc3c(c2)CN(C2CCC(=O)NC2=O)C3=O)C1. The molecule has 0 radical (unpaired) electrons. The third-order valence-corrected chi connectivity index (χ3v) is 4.97. The summed E-state index contributed by atoms with van der Waals surface area (Å²) < 4.78 is 0. The first kappa shape index (κ1) is 14.9. The normalized spacial score (nSPS) is 23.8. The number of fused-ring (bicyclic) bond motifs is 1. The van der Waals surface area contributed by atoms with Gasteiger partial charge in [0.05, 0.1) is 0 Å². The second-order valence-corrected chi connectivity index (χ2v) is 6.54. The Morgan fingerprint density at radius 1 is 1.17 bits per heavy atom. The van der Waals surface area contributed by atoms with E-state index in [1.165, 1.54) is 0 Å². The standard InChI is InChI=1S/C17H17N3O4/c21-9-10-6-19(7-10)12-1-2-13-11(5-12)8-20(17(13)24)14-3-4-15(22)18-16(14)23/h1-2,5,9-10,14H,3-4,6-8H2,(H,18,22,23). The Morgan fingerprint density at radius 3 is 2.67 bits per heavy atom. The summed E-state index contributed by atoms with van der Waals surface area (Å²) in [5.41, 5.74) is 2.48. The Kier molecular flexibility index (Phi) is 3.37. The number of nitrogens with one attached hydrogen (secondary N) is 1. The van der Waals surface area contributed by atoms with E-state index in [4.69, 9.17) is 0 Å². The summed E-state index contributed by atoms with van der Waals surface area (Å²) >= 11 is 0. The minimum Gasteiger partial charge on any atom is -0.370 e. The third kappa shape index (κ3) is 2.28. The lowest BCUT2D eigenvalue weighted by Gasteiger charge is -2.38. The molecule has 1 aromatic rings. The van der Waals surface area contributed by atoms with Crippen molar-refractivity contribution in [1.29, 1.82) is 0 Å². The van der Waals surface area contributed by atoms with Crippen LogP contribution in [0.4, 0.5) is 5.69 Å². The van der Waals surface area contributed by atoms with Gasteiger partial charge in [0, 0.05) is 43.2 Å². The summed E-state index contributed by atoms with van der Waals surface area (Å²) in [6, 6.07) is 5.04. The maximum absolute atomic E-state index is 12.6. The van der Waals surface area contributed by atoms with Crippen molar-refractivity contribution in [1.82, 2.24) is 10.2 Å². The van der Waals surface area contributed by atoms with Crippen LogP contribution in [0.25, 0.3) is 0 Å². The predicted molar refractivity (Wildman–Crippen MR) is 84.3 cm³/mol. The number of carbonyl (C=O) groups excluding carboxylic acids is 4. The van der Waals surface area contributed by atoms with Gasteiger partial charge in [-0.25, -0.2) is 0 Å². The van der Waals surface area contributed by atoms with Gasteiger partial charge in [0.2, 0.25) is 11.8 Å². The Hall–Kier alpha value is -2.70. The van der Waals surface area contributed by atoms with Crippen molar-refractivity contribution in [3.05, 3.63) is 29.3 Å². The monoisotopic (exact) mass is 327 g/mol. The quantitative estimate of drug-likeness (QED) is 0.628. The molecule has 3 aliphatic heterocycles. The maximum atomic E-state index is 12.6. The first-order valence-corrected chi connectivity index (χ1v) is 8.04. The molecule has 1 atom stereocenters. The van der Waals surface area contributed by atoms with E-state index in [0.717, 1.165) is 17.5 Å². The number of anilines is 1. The Bertz CT molecular complexity index is 754. The molecule has 124 valence electrons. The van der Waals surface area contributed by atoms with E-state index in [1.807, 2.05) is 12.1 Å². The average molecular weight is 327 g/mol. The number of carbonyl (C=O) groups is 4. The number of amides is 3. The van der Waals surface area contributed by atoms with Crippen LogP contribution in [0.1, 0.15) is 28.8 Å². The summed E-state index contributed by atoms with van der Waals surface area (Å²) in [6.07, 6.45) is 1.59. The van der Waals surface area contributed by atoms with E-state index in [1.54, 1.807) is 11.0 Å². The van der Waals surface area contributed by atoms with E-state index in [9.17, 15) is 19.2 Å². The number of hydrogen-bond acceptors (Lipinski definition) is 5. The number of aldehydes is 1. The van der Waals surface area contributed by atoms with E-state index in [2.05, 4.69) is 10.2 Å². The maximum Gasteiger partial charge on any atom is 0.255 e. The number of rotatable bonds is 3. The molecule has 2 fully saturated rings. The third-order valence-electron chi connectivity index (χ3n) is 4.97. The fourth-order valence-electron chi connectivity index (χ4n) is 3.57. The number of piperidine rings is 1. The molecule has 1 aromatic carbocycles. The number of benzene rings is 1. The second kappa shape index (κ2) is 5.43. The molecule has 2 saturated heterocycles. The molecule has 7 heteroatoms. The lowest BCUT2D eigenvalue weighted by molar-refractivity contribution is -0.136. The number of imide groups is 1. The van der Waals surface area contributed by atoms with Crippen LogP contribution < -0.4 is 10.2 Å². The van der Waals surface area contributed by atoms with Gasteiger partial charge in [-0.3, -0.25) is 19.7 Å². The van der Waals surface area contributed by atoms with Crippen molar-refractivity contribution in [3.63, 3.8) is 0 Å². The van der Waals surface area contributed by atoms with Gasteiger partial charge in [0.1, 0.15) is 12.3 Å². The lowest BCUT2D eigenvalue weighted by Crippen LogP contribution is -2.52. The highest BCUT2D eigenvalue weighted by molar-refractivity contribution is 6.05. The predicted octanol–water partition coefficient (Wildman–Crippen LogP) is 0.0827. The molecule has 1 N–H and O–H groups in total. The van der Waals surface area contributed by atoms with Crippen molar-refractivity contribution < 1.29 is 19.2 Å². The molecule has 0 spiro atoms. The molecule has 0 aliphatic carbocycles. The second-order valence-electron chi connectivity index (χ2n) is 6.54. The number of hydrogen-bond donors (Lipinski definition) is 1. The van der Waals surface area contributed by atoms with Gasteiger partial charge in [-0.2, -0.15) is 0 Å². The molecule has 3 aliphatic rings. The van der Waals surface area contributed by atoms with E-state index >= 15 is 0 Å².